The Kier molecular flexibility index (Phi) is 7.40. The van der Waals surface area contributed by atoms with Crippen LogP contribution in [0.1, 0.15) is 46.8 Å². The Morgan fingerprint density at radius 2 is 1.52 bits per heavy atom. The number of hydrogen-bond acceptors (Lipinski definition) is 5. The van der Waals surface area contributed by atoms with Gasteiger partial charge in [-0.05, 0) is 78.4 Å². The van der Waals surface area contributed by atoms with Gasteiger partial charge in [0, 0.05) is 16.9 Å². The fraction of sp³-hybridized carbons (Fsp3) is 0.184. The van der Waals surface area contributed by atoms with Gasteiger partial charge in [-0.25, -0.2) is 9.99 Å². The molecule has 0 bridgehead atoms. The number of pyridine rings is 1. The molecule has 5 aromatic rings. The van der Waals surface area contributed by atoms with E-state index in [-0.39, 0.29) is 17.9 Å². The van der Waals surface area contributed by atoms with Crippen LogP contribution in [0, 0.1) is 5.92 Å². The van der Waals surface area contributed by atoms with E-state index >= 15 is 0 Å². The maximum Gasteiger partial charge on any atom is 0.275 e. The Balaban J connectivity index is 1.36. The van der Waals surface area contributed by atoms with Crippen molar-refractivity contribution in [3.63, 3.8) is 0 Å². The number of ether oxygens (including phenoxy) is 2. The first-order valence-electron chi connectivity index (χ1n) is 15.0. The lowest BCUT2D eigenvalue weighted by molar-refractivity contribution is 0.0683. The molecule has 0 radical (unpaired) electrons. The van der Waals surface area contributed by atoms with Crippen molar-refractivity contribution in [3.8, 4) is 22.8 Å². The number of amides is 1. The number of fused-ring (bicyclic) bond motifs is 2. The van der Waals surface area contributed by atoms with Gasteiger partial charge >= 0.3 is 0 Å². The van der Waals surface area contributed by atoms with Crippen LogP contribution in [0.25, 0.3) is 28.2 Å². The lowest BCUT2D eigenvalue weighted by Gasteiger charge is -2.30. The molecule has 2 aliphatic rings. The summed E-state index contributed by atoms with van der Waals surface area (Å²) in [7, 11) is 3.34. The number of allylic oxidation sites excluding steroid dienone is 1. The van der Waals surface area contributed by atoms with Crippen LogP contribution in [-0.4, -0.2) is 35.8 Å². The third-order valence-corrected chi connectivity index (χ3v) is 8.64. The summed E-state index contributed by atoms with van der Waals surface area (Å²) >= 11 is 0. The zero-order valence-electron chi connectivity index (χ0n) is 24.8. The topological polar surface area (TPSA) is 64.0 Å². The number of methoxy groups -OCH3 is 2. The summed E-state index contributed by atoms with van der Waals surface area (Å²) in [5.74, 6) is 1.55. The van der Waals surface area contributed by atoms with Crippen LogP contribution in [0.3, 0.4) is 0 Å². The second-order valence-corrected chi connectivity index (χ2v) is 11.2. The summed E-state index contributed by atoms with van der Waals surface area (Å²) in [4.78, 5) is 19.7. The van der Waals surface area contributed by atoms with E-state index < -0.39 is 0 Å². The predicted molar refractivity (Wildman–Crippen MR) is 175 cm³/mol. The van der Waals surface area contributed by atoms with Crippen LogP contribution in [-0.2, 0) is 0 Å². The first-order valence-corrected chi connectivity index (χ1v) is 15.0. The summed E-state index contributed by atoms with van der Waals surface area (Å²) in [6.07, 6.45) is 5.09. The average molecular weight is 580 g/mol. The molecule has 0 N–H and O–H groups in total. The normalized spacial score (nSPS) is 18.6. The number of hydrazone groups is 1. The van der Waals surface area contributed by atoms with Gasteiger partial charge in [-0.2, -0.15) is 5.10 Å². The van der Waals surface area contributed by atoms with Gasteiger partial charge in [-0.3, -0.25) is 4.79 Å². The molecular weight excluding hydrogens is 546 g/mol. The minimum absolute atomic E-state index is 0.0762. The molecule has 1 saturated carbocycles. The molecule has 1 amide bonds. The summed E-state index contributed by atoms with van der Waals surface area (Å²) in [5.41, 5.74) is 7.38. The van der Waals surface area contributed by atoms with E-state index in [2.05, 4.69) is 30.3 Å². The number of hydrogen-bond donors (Lipinski definition) is 0. The molecule has 0 saturated heterocycles. The van der Waals surface area contributed by atoms with Crippen molar-refractivity contribution in [1.29, 1.82) is 0 Å². The number of para-hydroxylation sites is 1. The molecule has 218 valence electrons. The Hall–Kier alpha value is -5.23. The first kappa shape index (κ1) is 27.6. The molecule has 1 aliphatic heterocycles. The van der Waals surface area contributed by atoms with Crippen LogP contribution in [0.2, 0.25) is 0 Å². The van der Waals surface area contributed by atoms with Gasteiger partial charge in [-0.1, -0.05) is 72.8 Å². The molecule has 1 aromatic heterocycles. The fourth-order valence-electron chi connectivity index (χ4n) is 6.44. The largest absolute Gasteiger partial charge is 0.497 e. The molecule has 0 spiro atoms. The zero-order chi connectivity index (χ0) is 30.0. The number of carbonyl (C=O) groups excluding carboxylic acids is 1. The SMILES string of the molecule is COc1ccc(/C=C2/CCC[C@@H]3C2=NN(C(=O)c2cc(-c4ccccc4)nc4ccccc24)[C@@H]3c2ccc(OC)cc2)cc1. The second kappa shape index (κ2) is 11.8. The molecule has 2 atom stereocenters. The van der Waals surface area contributed by atoms with E-state index in [0.29, 0.717) is 5.56 Å². The third kappa shape index (κ3) is 5.13. The van der Waals surface area contributed by atoms with E-state index in [0.717, 1.165) is 69.8 Å². The van der Waals surface area contributed by atoms with Crippen molar-refractivity contribution in [2.24, 2.45) is 11.0 Å². The van der Waals surface area contributed by atoms with Gasteiger partial charge in [-0.15, -0.1) is 0 Å². The second-order valence-electron chi connectivity index (χ2n) is 11.2. The predicted octanol–water partition coefficient (Wildman–Crippen LogP) is 8.36. The standard InChI is InChI=1S/C38H33N3O3/c1-43-29-19-15-25(16-20-29)23-28-11-8-13-32-36(28)40-41(37(32)27-17-21-30(44-2)22-18-27)38(42)33-24-35(26-9-4-3-5-10-26)39-34-14-7-6-12-31(33)34/h3-7,9-10,12,14-24,32,37H,8,11,13H2,1-2H3/b28-23-/t32-,37-/m1/s1. The van der Waals surface area contributed by atoms with Gasteiger partial charge < -0.3 is 9.47 Å². The molecule has 1 aliphatic carbocycles. The zero-order valence-corrected chi connectivity index (χ0v) is 24.8. The van der Waals surface area contributed by atoms with E-state index in [1.54, 1.807) is 19.2 Å². The molecule has 44 heavy (non-hydrogen) atoms. The average Bonchev–Trinajstić information content (AvgIpc) is 3.49. The van der Waals surface area contributed by atoms with Gasteiger partial charge in [0.25, 0.3) is 5.91 Å². The minimum atomic E-state index is -0.241. The van der Waals surface area contributed by atoms with E-state index in [1.165, 1.54) is 5.57 Å². The van der Waals surface area contributed by atoms with Crippen molar-refractivity contribution in [3.05, 3.63) is 131 Å². The summed E-state index contributed by atoms with van der Waals surface area (Å²) in [6.45, 7) is 0. The van der Waals surface area contributed by atoms with Crippen molar-refractivity contribution in [2.45, 2.75) is 25.3 Å². The Labute approximate surface area is 257 Å². The van der Waals surface area contributed by atoms with Crippen LogP contribution in [0.15, 0.2) is 120 Å². The molecule has 4 aromatic carbocycles. The van der Waals surface area contributed by atoms with Crippen LogP contribution < -0.4 is 9.47 Å². The minimum Gasteiger partial charge on any atom is -0.497 e. The van der Waals surface area contributed by atoms with Crippen molar-refractivity contribution >= 4 is 28.6 Å². The van der Waals surface area contributed by atoms with Crippen molar-refractivity contribution in [1.82, 2.24) is 9.99 Å². The summed E-state index contributed by atoms with van der Waals surface area (Å²) in [6, 6.07) is 35.6. The van der Waals surface area contributed by atoms with E-state index in [4.69, 9.17) is 19.6 Å². The van der Waals surface area contributed by atoms with Crippen LogP contribution >= 0.6 is 0 Å². The molecule has 6 heteroatoms. The highest BCUT2D eigenvalue weighted by atomic mass is 16.5. The molecule has 7 rings (SSSR count). The van der Waals surface area contributed by atoms with Crippen molar-refractivity contribution in [2.75, 3.05) is 14.2 Å². The highest BCUT2D eigenvalue weighted by molar-refractivity contribution is 6.12. The Morgan fingerprint density at radius 1 is 0.841 bits per heavy atom. The number of nitrogens with zero attached hydrogens (tertiary/aromatic N) is 3. The smallest absolute Gasteiger partial charge is 0.275 e. The highest BCUT2D eigenvalue weighted by Gasteiger charge is 2.44. The monoisotopic (exact) mass is 579 g/mol. The fourth-order valence-corrected chi connectivity index (χ4v) is 6.44. The lowest BCUT2D eigenvalue weighted by atomic mass is 9.77. The molecule has 2 heterocycles. The highest BCUT2D eigenvalue weighted by Crippen LogP contribution is 2.45. The number of aromatic nitrogens is 1. The molecule has 0 unspecified atom stereocenters. The maximum atomic E-state index is 14.8. The first-order chi connectivity index (χ1) is 21.6. The lowest BCUT2D eigenvalue weighted by Crippen LogP contribution is -2.32. The van der Waals surface area contributed by atoms with Crippen LogP contribution in [0.5, 0.6) is 11.5 Å². The number of benzene rings is 4. The van der Waals surface area contributed by atoms with Crippen molar-refractivity contribution < 1.29 is 14.3 Å². The van der Waals surface area contributed by atoms with Gasteiger partial charge in [0.2, 0.25) is 0 Å². The summed E-state index contributed by atoms with van der Waals surface area (Å²) in [5, 5.41) is 7.71. The maximum absolute atomic E-state index is 14.8. The number of rotatable bonds is 6. The van der Waals surface area contributed by atoms with E-state index in [9.17, 15) is 4.79 Å². The molecular formula is C38H33N3O3. The van der Waals surface area contributed by atoms with Gasteiger partial charge in [0.1, 0.15) is 11.5 Å². The third-order valence-electron chi connectivity index (χ3n) is 8.64. The molecule has 1 fully saturated rings. The van der Waals surface area contributed by atoms with Gasteiger partial charge in [0.05, 0.1) is 42.7 Å². The quantitative estimate of drug-likeness (QED) is 0.203. The summed E-state index contributed by atoms with van der Waals surface area (Å²) < 4.78 is 10.8. The number of carbonyl (C=O) groups is 1. The van der Waals surface area contributed by atoms with Crippen LogP contribution in [0.4, 0.5) is 0 Å². The Bertz CT molecular complexity index is 1880. The molecule has 6 nitrogen and oxygen atoms in total. The van der Waals surface area contributed by atoms with E-state index in [1.807, 2.05) is 84.9 Å². The Morgan fingerprint density at radius 3 is 2.25 bits per heavy atom. The van der Waals surface area contributed by atoms with Gasteiger partial charge in [0.15, 0.2) is 0 Å².